The summed E-state index contributed by atoms with van der Waals surface area (Å²) in [4.78, 5) is 4.33. The maximum Gasteiger partial charge on any atom is 0.152 e. The number of hydrogen-bond acceptors (Lipinski definition) is 5. The third-order valence-corrected chi connectivity index (χ3v) is 3.06. The lowest BCUT2D eigenvalue weighted by molar-refractivity contribution is 0.333. The molecule has 6 heteroatoms. The number of nitrogen functional groups attached to an aromatic ring is 1. The molecule has 1 aromatic carbocycles. The third-order valence-electron chi connectivity index (χ3n) is 3.06. The van der Waals surface area contributed by atoms with Crippen molar-refractivity contribution >= 4 is 17.0 Å². The van der Waals surface area contributed by atoms with Crippen molar-refractivity contribution in [1.82, 2.24) is 14.6 Å². The number of rotatable bonds is 5. The molecule has 0 spiro atoms. The van der Waals surface area contributed by atoms with Crippen LogP contribution >= 0.6 is 0 Å². The van der Waals surface area contributed by atoms with Crippen molar-refractivity contribution < 1.29 is 4.74 Å². The molecule has 0 fully saturated rings. The van der Waals surface area contributed by atoms with Gasteiger partial charge in [0.15, 0.2) is 5.82 Å². The lowest BCUT2D eigenvalue weighted by atomic mass is 10.3. The molecule has 2 heterocycles. The predicted molar refractivity (Wildman–Crippen MR) is 82.6 cm³/mol. The molecule has 6 nitrogen and oxygen atoms in total. The molecule has 0 radical (unpaired) electrons. The second kappa shape index (κ2) is 5.70. The summed E-state index contributed by atoms with van der Waals surface area (Å²) in [6.45, 7) is 3.15. The second-order valence-corrected chi connectivity index (χ2v) is 4.74. The average molecular weight is 283 g/mol. The van der Waals surface area contributed by atoms with Gasteiger partial charge in [0.25, 0.3) is 0 Å². The Balaban J connectivity index is 1.58. The van der Waals surface area contributed by atoms with Gasteiger partial charge in [-0.2, -0.15) is 5.10 Å². The van der Waals surface area contributed by atoms with Crippen LogP contribution in [0.4, 0.5) is 11.5 Å². The van der Waals surface area contributed by atoms with Crippen molar-refractivity contribution in [2.24, 2.45) is 0 Å². The van der Waals surface area contributed by atoms with Gasteiger partial charge in [-0.3, -0.25) is 0 Å². The zero-order valence-electron chi connectivity index (χ0n) is 11.8. The van der Waals surface area contributed by atoms with Crippen LogP contribution in [0.15, 0.2) is 42.7 Å². The van der Waals surface area contributed by atoms with E-state index >= 15 is 0 Å². The smallest absolute Gasteiger partial charge is 0.152 e. The summed E-state index contributed by atoms with van der Waals surface area (Å²) in [7, 11) is 0. The first-order chi connectivity index (χ1) is 10.2. The molecule has 2 aromatic heterocycles. The number of nitrogens with two attached hydrogens (primary N) is 1. The van der Waals surface area contributed by atoms with Crippen LogP contribution in [0.3, 0.4) is 0 Å². The van der Waals surface area contributed by atoms with Gasteiger partial charge in [0.05, 0.1) is 12.2 Å². The molecule has 0 saturated heterocycles. The number of fused-ring (bicyclic) bond motifs is 1. The van der Waals surface area contributed by atoms with Crippen molar-refractivity contribution in [3.63, 3.8) is 0 Å². The zero-order valence-corrected chi connectivity index (χ0v) is 11.8. The summed E-state index contributed by atoms with van der Waals surface area (Å²) in [5.41, 5.74) is 8.28. The van der Waals surface area contributed by atoms with E-state index in [0.717, 1.165) is 28.5 Å². The summed E-state index contributed by atoms with van der Waals surface area (Å²) < 4.78 is 7.44. The number of nitrogens with zero attached hydrogens (tertiary/aromatic N) is 3. The van der Waals surface area contributed by atoms with E-state index in [2.05, 4.69) is 15.4 Å². The Morgan fingerprint density at radius 3 is 2.90 bits per heavy atom. The first-order valence-electron chi connectivity index (χ1n) is 6.75. The number of aromatic nitrogens is 3. The van der Waals surface area contributed by atoms with E-state index in [4.69, 9.17) is 10.5 Å². The first-order valence-corrected chi connectivity index (χ1v) is 6.75. The summed E-state index contributed by atoms with van der Waals surface area (Å²) in [5, 5.41) is 7.61. The number of benzene rings is 1. The minimum atomic E-state index is 0.541. The Bertz CT molecular complexity index is 735. The van der Waals surface area contributed by atoms with E-state index < -0.39 is 0 Å². The number of anilines is 2. The molecular formula is C15H17N5O. The largest absolute Gasteiger partial charge is 0.492 e. The highest BCUT2D eigenvalue weighted by atomic mass is 16.5. The Kier molecular flexibility index (Phi) is 3.59. The van der Waals surface area contributed by atoms with E-state index in [9.17, 15) is 0 Å². The van der Waals surface area contributed by atoms with Crippen LogP contribution < -0.4 is 15.8 Å². The van der Waals surface area contributed by atoms with Crippen molar-refractivity contribution in [2.45, 2.75) is 6.92 Å². The Morgan fingerprint density at radius 2 is 2.10 bits per heavy atom. The quantitative estimate of drug-likeness (QED) is 0.554. The van der Waals surface area contributed by atoms with Crippen molar-refractivity contribution in [1.29, 1.82) is 0 Å². The molecular weight excluding hydrogens is 266 g/mol. The molecule has 0 saturated carbocycles. The van der Waals surface area contributed by atoms with Crippen LogP contribution in [0.2, 0.25) is 0 Å². The van der Waals surface area contributed by atoms with Crippen LogP contribution in [0.5, 0.6) is 5.75 Å². The predicted octanol–water partition coefficient (Wildman–Crippen LogP) is 2.11. The Morgan fingerprint density at radius 1 is 1.29 bits per heavy atom. The summed E-state index contributed by atoms with van der Waals surface area (Å²) in [5.74, 6) is 1.61. The normalized spacial score (nSPS) is 10.7. The maximum absolute atomic E-state index is 5.63. The van der Waals surface area contributed by atoms with Crippen molar-refractivity contribution in [3.8, 4) is 5.75 Å². The molecule has 0 bridgehead atoms. The van der Waals surface area contributed by atoms with Crippen molar-refractivity contribution in [3.05, 3.63) is 48.4 Å². The number of aryl methyl sites for hydroxylation is 1. The molecule has 3 aromatic rings. The van der Waals surface area contributed by atoms with Gasteiger partial charge >= 0.3 is 0 Å². The van der Waals surface area contributed by atoms with Gasteiger partial charge in [0, 0.05) is 18.1 Å². The zero-order chi connectivity index (χ0) is 14.7. The molecule has 108 valence electrons. The van der Waals surface area contributed by atoms with Gasteiger partial charge in [-0.25, -0.2) is 9.50 Å². The third kappa shape index (κ3) is 3.05. The lowest BCUT2D eigenvalue weighted by Gasteiger charge is -2.09. The minimum absolute atomic E-state index is 0.541. The van der Waals surface area contributed by atoms with Gasteiger partial charge in [0.2, 0.25) is 0 Å². The highest BCUT2D eigenvalue weighted by Crippen LogP contribution is 2.15. The fraction of sp³-hybridized carbons (Fsp3) is 0.200. The molecule has 3 N–H and O–H groups in total. The molecule has 3 rings (SSSR count). The van der Waals surface area contributed by atoms with Crippen molar-refractivity contribution in [2.75, 3.05) is 24.2 Å². The highest BCUT2D eigenvalue weighted by molar-refractivity contribution is 5.67. The molecule has 21 heavy (non-hydrogen) atoms. The van der Waals surface area contributed by atoms with Crippen LogP contribution in [-0.2, 0) is 0 Å². The van der Waals surface area contributed by atoms with Gasteiger partial charge in [-0.05, 0) is 37.3 Å². The van der Waals surface area contributed by atoms with Gasteiger partial charge in [-0.15, -0.1) is 0 Å². The SMILES string of the molecule is Cc1cc2c(NCCOc3ccc(N)cc3)nccn2n1. The fourth-order valence-corrected chi connectivity index (χ4v) is 2.08. The molecule has 0 aliphatic rings. The summed E-state index contributed by atoms with van der Waals surface area (Å²) >= 11 is 0. The van der Waals surface area contributed by atoms with Crippen LogP contribution in [0, 0.1) is 6.92 Å². The Labute approximate surface area is 122 Å². The monoisotopic (exact) mass is 283 g/mol. The number of hydrogen-bond donors (Lipinski definition) is 2. The van der Waals surface area contributed by atoms with Crippen LogP contribution in [0.1, 0.15) is 5.69 Å². The Hall–Kier alpha value is -2.76. The molecule has 0 aliphatic carbocycles. The average Bonchev–Trinajstić information content (AvgIpc) is 2.86. The fourth-order valence-electron chi connectivity index (χ4n) is 2.08. The van der Waals surface area contributed by atoms with E-state index in [1.54, 1.807) is 6.20 Å². The van der Waals surface area contributed by atoms with E-state index in [-0.39, 0.29) is 0 Å². The van der Waals surface area contributed by atoms with Crippen LogP contribution in [-0.4, -0.2) is 27.7 Å². The first kappa shape index (κ1) is 13.2. The van der Waals surface area contributed by atoms with Gasteiger partial charge < -0.3 is 15.8 Å². The van der Waals surface area contributed by atoms with E-state index in [1.807, 2.05) is 48.0 Å². The summed E-state index contributed by atoms with van der Waals surface area (Å²) in [6, 6.07) is 9.35. The topological polar surface area (TPSA) is 77.5 Å². The minimum Gasteiger partial charge on any atom is -0.492 e. The van der Waals surface area contributed by atoms with E-state index in [0.29, 0.717) is 13.2 Å². The molecule has 0 atom stereocenters. The number of ether oxygens (including phenoxy) is 1. The molecule has 0 amide bonds. The molecule has 0 aliphatic heterocycles. The van der Waals surface area contributed by atoms with E-state index in [1.165, 1.54) is 0 Å². The van der Waals surface area contributed by atoms with Gasteiger partial charge in [-0.1, -0.05) is 0 Å². The molecule has 0 unspecified atom stereocenters. The lowest BCUT2D eigenvalue weighted by Crippen LogP contribution is -2.13. The van der Waals surface area contributed by atoms with Crippen LogP contribution in [0.25, 0.3) is 5.52 Å². The second-order valence-electron chi connectivity index (χ2n) is 4.74. The van der Waals surface area contributed by atoms with Gasteiger partial charge in [0.1, 0.15) is 17.9 Å². The number of nitrogens with one attached hydrogen (secondary N) is 1. The maximum atomic E-state index is 5.63. The summed E-state index contributed by atoms with van der Waals surface area (Å²) in [6.07, 6.45) is 3.56. The standard InChI is InChI=1S/C15H17N5O/c1-11-10-14-15(17-6-8-20(14)19-11)18-7-9-21-13-4-2-12(16)3-5-13/h2-6,8,10H,7,9,16H2,1H3,(H,17,18). The highest BCUT2D eigenvalue weighted by Gasteiger charge is 2.04.